The van der Waals surface area contributed by atoms with Crippen molar-refractivity contribution < 1.29 is 14.3 Å². The number of carbonyl (C=O) groups excluding carboxylic acids is 1. The second-order valence-electron chi connectivity index (χ2n) is 10.5. The van der Waals surface area contributed by atoms with Crippen LogP contribution in [0.2, 0.25) is 0 Å². The minimum atomic E-state index is -0.140. The Labute approximate surface area is 194 Å². The van der Waals surface area contributed by atoms with Gasteiger partial charge in [-0.25, -0.2) is 4.68 Å². The normalized spacial score (nSPS) is 34.5. The van der Waals surface area contributed by atoms with Gasteiger partial charge in [0.05, 0.1) is 29.6 Å². The number of allylic oxidation sites excluding steroid dienone is 1. The highest BCUT2D eigenvalue weighted by Crippen LogP contribution is 2.62. The Morgan fingerprint density at radius 2 is 2.09 bits per heavy atom. The molecular formula is C26H32N4O3. The minimum Gasteiger partial charge on any atom is -0.461 e. The maximum Gasteiger partial charge on any atom is 0.310 e. The predicted octanol–water partition coefficient (Wildman–Crippen LogP) is 3.42. The maximum atomic E-state index is 12.9. The van der Waals surface area contributed by atoms with Gasteiger partial charge in [0.15, 0.2) is 0 Å². The summed E-state index contributed by atoms with van der Waals surface area (Å²) in [6.45, 7) is 9.82. The van der Waals surface area contributed by atoms with E-state index in [0.29, 0.717) is 19.2 Å². The van der Waals surface area contributed by atoms with Gasteiger partial charge in [-0.05, 0) is 70.2 Å². The molecule has 1 N–H and O–H groups in total. The van der Waals surface area contributed by atoms with E-state index < -0.39 is 0 Å². The van der Waals surface area contributed by atoms with E-state index in [2.05, 4.69) is 61.5 Å². The number of epoxide rings is 1. The fourth-order valence-electron chi connectivity index (χ4n) is 6.33. The smallest absolute Gasteiger partial charge is 0.310 e. The molecule has 0 radical (unpaired) electrons. The van der Waals surface area contributed by atoms with Crippen LogP contribution in [0, 0.1) is 31.6 Å². The Kier molecular flexibility index (Phi) is 4.79. The van der Waals surface area contributed by atoms with Crippen molar-refractivity contribution in [1.29, 1.82) is 0 Å². The first kappa shape index (κ1) is 21.1. The lowest BCUT2D eigenvalue weighted by Crippen LogP contribution is -2.37. The molecule has 33 heavy (non-hydrogen) atoms. The van der Waals surface area contributed by atoms with Crippen molar-refractivity contribution in [3.63, 3.8) is 0 Å². The van der Waals surface area contributed by atoms with Gasteiger partial charge in [0.25, 0.3) is 0 Å². The number of ether oxygens (including phenoxy) is 2. The first-order valence-corrected chi connectivity index (χ1v) is 12.1. The molecule has 0 bridgehead atoms. The summed E-state index contributed by atoms with van der Waals surface area (Å²) in [4.78, 5) is 12.9. The van der Waals surface area contributed by atoms with Gasteiger partial charge in [-0.15, -0.1) is 5.10 Å². The highest BCUT2D eigenvalue weighted by atomic mass is 16.6. The molecule has 0 amide bonds. The third-order valence-corrected chi connectivity index (χ3v) is 8.57. The molecule has 6 atom stereocenters. The van der Waals surface area contributed by atoms with Crippen LogP contribution in [0.4, 0.5) is 0 Å². The van der Waals surface area contributed by atoms with Gasteiger partial charge in [-0.2, -0.15) is 0 Å². The highest BCUT2D eigenvalue weighted by molar-refractivity contribution is 5.76. The number of rotatable bonds is 5. The van der Waals surface area contributed by atoms with E-state index in [-0.39, 0.29) is 35.4 Å². The summed E-state index contributed by atoms with van der Waals surface area (Å²) in [6, 6.07) is 6.27. The summed E-state index contributed by atoms with van der Waals surface area (Å²) in [5, 5.41) is 12.0. The van der Waals surface area contributed by atoms with Crippen LogP contribution in [0.3, 0.4) is 0 Å². The topological polar surface area (TPSA) is 81.6 Å². The van der Waals surface area contributed by atoms with E-state index in [1.165, 1.54) is 22.3 Å². The van der Waals surface area contributed by atoms with Crippen LogP contribution in [-0.2, 0) is 20.8 Å². The standard InChI is InChI=1S/C26H32N4O3/c1-14-5-7-18(9-16(14)3)30-13-17(28-29-30)11-27-12-21-19-8-6-15(2)20-10-22-26(4,33-22)23(20)24(19)32-25(21)31/h5,7,9,13,19,21-24,27H,6,8,10-12H2,1-4H3/t19-,21-,22+,23-,24-,26+/m0/s1. The number of nitrogens with one attached hydrogen (secondary N) is 1. The van der Waals surface area contributed by atoms with Gasteiger partial charge < -0.3 is 14.8 Å². The van der Waals surface area contributed by atoms with E-state index in [0.717, 1.165) is 30.6 Å². The van der Waals surface area contributed by atoms with Crippen molar-refractivity contribution in [2.75, 3.05) is 6.54 Å². The summed E-state index contributed by atoms with van der Waals surface area (Å²) in [7, 11) is 0. The van der Waals surface area contributed by atoms with E-state index >= 15 is 0 Å². The number of fused-ring (bicyclic) bond motifs is 5. The number of esters is 1. The van der Waals surface area contributed by atoms with Crippen LogP contribution in [0.5, 0.6) is 0 Å². The second-order valence-corrected chi connectivity index (χ2v) is 10.5. The van der Waals surface area contributed by atoms with Gasteiger partial charge in [0, 0.05) is 24.9 Å². The molecule has 1 aromatic carbocycles. The van der Waals surface area contributed by atoms with Crippen LogP contribution >= 0.6 is 0 Å². The summed E-state index contributed by atoms with van der Waals surface area (Å²) < 4.78 is 13.9. The lowest BCUT2D eigenvalue weighted by Gasteiger charge is -2.28. The number of benzene rings is 1. The van der Waals surface area contributed by atoms with Crippen LogP contribution in [0.1, 0.15) is 49.9 Å². The molecule has 4 aliphatic rings. The first-order valence-electron chi connectivity index (χ1n) is 12.1. The zero-order chi connectivity index (χ0) is 22.9. The Balaban J connectivity index is 1.12. The fraction of sp³-hybridized carbons (Fsp3) is 0.577. The quantitative estimate of drug-likeness (QED) is 0.429. The molecule has 7 nitrogen and oxygen atoms in total. The van der Waals surface area contributed by atoms with Crippen LogP contribution in [0.15, 0.2) is 35.5 Å². The van der Waals surface area contributed by atoms with E-state index in [9.17, 15) is 4.79 Å². The molecule has 1 aromatic heterocycles. The van der Waals surface area contributed by atoms with E-state index in [1.54, 1.807) is 4.68 Å². The van der Waals surface area contributed by atoms with Gasteiger partial charge >= 0.3 is 5.97 Å². The number of aromatic nitrogens is 3. The molecule has 0 unspecified atom stereocenters. The zero-order valence-electron chi connectivity index (χ0n) is 19.8. The Hall–Kier alpha value is -2.51. The van der Waals surface area contributed by atoms with Crippen LogP contribution in [-0.4, -0.2) is 45.3 Å². The fourth-order valence-corrected chi connectivity index (χ4v) is 6.33. The Bertz CT molecular complexity index is 1150. The van der Waals surface area contributed by atoms with Crippen molar-refractivity contribution >= 4 is 5.97 Å². The summed E-state index contributed by atoms with van der Waals surface area (Å²) in [5.74, 6) is 0.261. The van der Waals surface area contributed by atoms with Gasteiger partial charge in [-0.1, -0.05) is 22.4 Å². The van der Waals surface area contributed by atoms with Gasteiger partial charge in [0.2, 0.25) is 0 Å². The van der Waals surface area contributed by atoms with Crippen molar-refractivity contribution in [3.05, 3.63) is 52.4 Å². The zero-order valence-corrected chi connectivity index (χ0v) is 19.8. The number of hydrogen-bond donors (Lipinski definition) is 1. The average molecular weight is 449 g/mol. The minimum absolute atomic E-state index is 0.0556. The lowest BCUT2D eigenvalue weighted by atomic mass is 9.78. The predicted molar refractivity (Wildman–Crippen MR) is 123 cm³/mol. The molecule has 1 saturated carbocycles. The average Bonchev–Trinajstić information content (AvgIpc) is 3.06. The Morgan fingerprint density at radius 1 is 1.24 bits per heavy atom. The molecule has 2 aromatic rings. The molecule has 2 aliphatic heterocycles. The third kappa shape index (κ3) is 3.36. The van der Waals surface area contributed by atoms with E-state index in [4.69, 9.17) is 9.47 Å². The Morgan fingerprint density at radius 3 is 2.91 bits per heavy atom. The number of nitrogens with zero attached hydrogens (tertiary/aromatic N) is 3. The molecular weight excluding hydrogens is 416 g/mol. The van der Waals surface area contributed by atoms with Crippen molar-refractivity contribution in [1.82, 2.24) is 20.3 Å². The number of hydrogen-bond acceptors (Lipinski definition) is 6. The maximum absolute atomic E-state index is 12.9. The molecule has 3 fully saturated rings. The summed E-state index contributed by atoms with van der Waals surface area (Å²) in [5.41, 5.74) is 7.18. The molecule has 0 spiro atoms. The highest BCUT2D eigenvalue weighted by Gasteiger charge is 2.69. The van der Waals surface area contributed by atoms with Crippen LogP contribution < -0.4 is 5.32 Å². The summed E-state index contributed by atoms with van der Waals surface area (Å²) in [6.07, 6.45) is 5.25. The van der Waals surface area contributed by atoms with Gasteiger partial charge in [0.1, 0.15) is 11.7 Å². The molecule has 2 aliphatic carbocycles. The molecule has 2 saturated heterocycles. The number of carbonyl (C=O) groups is 1. The van der Waals surface area contributed by atoms with E-state index in [1.807, 2.05) is 6.20 Å². The SMILES string of the molecule is CC1=C2C[C@H]3O[C@@]3(C)[C@@H]2[C@H]2OC(=O)[C@@H](CNCc3cn(-c4ccc(C)c(C)c4)nn3)[C@@H]2CC1. The summed E-state index contributed by atoms with van der Waals surface area (Å²) >= 11 is 0. The van der Waals surface area contributed by atoms with Crippen molar-refractivity contribution in [2.45, 2.75) is 71.3 Å². The van der Waals surface area contributed by atoms with Crippen LogP contribution in [0.25, 0.3) is 5.69 Å². The molecule has 7 heteroatoms. The molecule has 6 rings (SSSR count). The van der Waals surface area contributed by atoms with Gasteiger partial charge in [-0.3, -0.25) is 4.79 Å². The largest absolute Gasteiger partial charge is 0.461 e. The monoisotopic (exact) mass is 448 g/mol. The lowest BCUT2D eigenvalue weighted by molar-refractivity contribution is -0.146. The van der Waals surface area contributed by atoms with Crippen molar-refractivity contribution in [3.8, 4) is 5.69 Å². The third-order valence-electron chi connectivity index (χ3n) is 8.57. The molecule has 3 heterocycles. The number of aryl methyl sites for hydroxylation is 2. The molecule has 174 valence electrons. The first-order chi connectivity index (χ1) is 15.8. The second kappa shape index (κ2) is 7.50. The van der Waals surface area contributed by atoms with Crippen molar-refractivity contribution in [2.24, 2.45) is 17.8 Å².